The standard InChI is InChI=1S/C15H14Cl2N4O2/c1-3-10-11(14(22)23-2)13(21-15(20-10)18-7-19-21)8-5-4-6-9(16)12(8)17/h4-7,13H,3H2,1-2H3,(H,18,19,20)/t13-/m0/s1. The van der Waals surface area contributed by atoms with Crippen molar-refractivity contribution in [3.63, 3.8) is 0 Å². The molecule has 2 heterocycles. The van der Waals surface area contributed by atoms with Gasteiger partial charge in [-0.15, -0.1) is 0 Å². The van der Waals surface area contributed by atoms with E-state index < -0.39 is 12.0 Å². The topological polar surface area (TPSA) is 69.0 Å². The molecule has 1 aliphatic heterocycles. The van der Waals surface area contributed by atoms with Crippen LogP contribution in [0.2, 0.25) is 10.0 Å². The number of ether oxygens (including phenoxy) is 1. The van der Waals surface area contributed by atoms with Crippen LogP contribution in [0.3, 0.4) is 0 Å². The third kappa shape index (κ3) is 2.58. The largest absolute Gasteiger partial charge is 0.466 e. The van der Waals surface area contributed by atoms with Crippen LogP contribution in [0.1, 0.15) is 24.9 Å². The van der Waals surface area contributed by atoms with Crippen molar-refractivity contribution >= 4 is 35.1 Å². The van der Waals surface area contributed by atoms with Crippen LogP contribution in [-0.4, -0.2) is 27.8 Å². The number of halogens is 2. The molecule has 23 heavy (non-hydrogen) atoms. The Balaban J connectivity index is 2.27. The van der Waals surface area contributed by atoms with Crippen molar-refractivity contribution in [1.82, 2.24) is 14.8 Å². The summed E-state index contributed by atoms with van der Waals surface area (Å²) in [5.74, 6) is 0.0899. The van der Waals surface area contributed by atoms with Gasteiger partial charge in [0.15, 0.2) is 0 Å². The van der Waals surface area contributed by atoms with Gasteiger partial charge < -0.3 is 10.1 Å². The number of hydrogen-bond donors (Lipinski definition) is 1. The minimum Gasteiger partial charge on any atom is -0.466 e. The van der Waals surface area contributed by atoms with E-state index in [9.17, 15) is 4.79 Å². The summed E-state index contributed by atoms with van der Waals surface area (Å²) in [6.45, 7) is 1.94. The average Bonchev–Trinajstić information content (AvgIpc) is 3.03. The van der Waals surface area contributed by atoms with Gasteiger partial charge >= 0.3 is 5.97 Å². The first-order chi connectivity index (χ1) is 11.1. The summed E-state index contributed by atoms with van der Waals surface area (Å²) >= 11 is 12.5. The van der Waals surface area contributed by atoms with E-state index in [0.29, 0.717) is 33.6 Å². The number of esters is 1. The van der Waals surface area contributed by atoms with Crippen LogP contribution >= 0.6 is 23.2 Å². The molecule has 0 fully saturated rings. The molecule has 3 rings (SSSR count). The van der Waals surface area contributed by atoms with Gasteiger partial charge in [-0.25, -0.2) is 9.48 Å². The van der Waals surface area contributed by atoms with Gasteiger partial charge in [-0.2, -0.15) is 10.1 Å². The number of allylic oxidation sites excluding steroid dienone is 1. The minimum absolute atomic E-state index is 0.374. The van der Waals surface area contributed by atoms with Gasteiger partial charge in [0.25, 0.3) is 0 Å². The van der Waals surface area contributed by atoms with Crippen LogP contribution < -0.4 is 5.32 Å². The Labute approximate surface area is 143 Å². The number of nitrogens with one attached hydrogen (secondary N) is 1. The number of nitrogens with zero attached hydrogens (tertiary/aromatic N) is 3. The number of carbonyl (C=O) groups is 1. The SMILES string of the molecule is CCC1=C(C(=O)OC)[C@H](c2cccc(Cl)c2Cl)n2ncnc2N1. The first-order valence-electron chi connectivity index (χ1n) is 7.00. The number of methoxy groups -OCH3 is 1. The Bertz CT molecular complexity index is 801. The Morgan fingerprint density at radius 1 is 1.43 bits per heavy atom. The quantitative estimate of drug-likeness (QED) is 0.856. The number of aromatic nitrogens is 3. The molecule has 2 aromatic rings. The summed E-state index contributed by atoms with van der Waals surface area (Å²) in [7, 11) is 1.34. The Morgan fingerprint density at radius 3 is 2.91 bits per heavy atom. The van der Waals surface area contributed by atoms with Crippen molar-refractivity contribution in [2.24, 2.45) is 0 Å². The molecule has 1 atom stereocenters. The number of benzene rings is 1. The van der Waals surface area contributed by atoms with E-state index in [4.69, 9.17) is 27.9 Å². The van der Waals surface area contributed by atoms with Gasteiger partial charge in [0, 0.05) is 11.3 Å². The highest BCUT2D eigenvalue weighted by atomic mass is 35.5. The van der Waals surface area contributed by atoms with Gasteiger partial charge in [0.05, 0.1) is 22.7 Å². The lowest BCUT2D eigenvalue weighted by Gasteiger charge is -2.29. The highest BCUT2D eigenvalue weighted by Gasteiger charge is 2.36. The zero-order chi connectivity index (χ0) is 16.6. The van der Waals surface area contributed by atoms with E-state index in [1.54, 1.807) is 16.8 Å². The summed E-state index contributed by atoms with van der Waals surface area (Å²) in [5, 5.41) is 8.12. The zero-order valence-corrected chi connectivity index (χ0v) is 14.0. The highest BCUT2D eigenvalue weighted by Crippen LogP contribution is 2.40. The maximum Gasteiger partial charge on any atom is 0.338 e. The molecule has 0 amide bonds. The fourth-order valence-electron chi connectivity index (χ4n) is 2.66. The molecule has 1 aromatic heterocycles. The van der Waals surface area contributed by atoms with Crippen LogP contribution in [0.15, 0.2) is 35.8 Å². The molecular weight excluding hydrogens is 339 g/mol. The second-order valence-corrected chi connectivity index (χ2v) is 5.72. The van der Waals surface area contributed by atoms with Crippen LogP contribution in [0.4, 0.5) is 5.95 Å². The second-order valence-electron chi connectivity index (χ2n) is 4.94. The predicted octanol–water partition coefficient (Wildman–Crippen LogP) is 3.44. The monoisotopic (exact) mass is 352 g/mol. The summed E-state index contributed by atoms with van der Waals surface area (Å²) < 4.78 is 6.56. The molecule has 0 spiro atoms. The Morgan fingerprint density at radius 2 is 2.22 bits per heavy atom. The average molecular weight is 353 g/mol. The van der Waals surface area contributed by atoms with Gasteiger partial charge in [-0.3, -0.25) is 0 Å². The lowest BCUT2D eigenvalue weighted by molar-refractivity contribution is -0.136. The maximum absolute atomic E-state index is 12.4. The Hall–Kier alpha value is -2.05. The van der Waals surface area contributed by atoms with Crippen LogP contribution in [0.5, 0.6) is 0 Å². The smallest absolute Gasteiger partial charge is 0.338 e. The minimum atomic E-state index is -0.553. The molecule has 0 aliphatic carbocycles. The first kappa shape index (κ1) is 15.8. The van der Waals surface area contributed by atoms with Crippen molar-refractivity contribution in [3.8, 4) is 0 Å². The molecule has 0 saturated carbocycles. The summed E-state index contributed by atoms with van der Waals surface area (Å²) in [5.41, 5.74) is 1.83. The maximum atomic E-state index is 12.4. The molecule has 0 bridgehead atoms. The predicted molar refractivity (Wildman–Crippen MR) is 87.6 cm³/mol. The van der Waals surface area contributed by atoms with Crippen molar-refractivity contribution in [2.45, 2.75) is 19.4 Å². The number of anilines is 1. The molecular formula is C15H14Cl2N4O2. The van der Waals surface area contributed by atoms with Crippen molar-refractivity contribution in [1.29, 1.82) is 0 Å². The van der Waals surface area contributed by atoms with Crippen LogP contribution in [0.25, 0.3) is 0 Å². The molecule has 1 N–H and O–H groups in total. The number of rotatable bonds is 3. The fourth-order valence-corrected chi connectivity index (χ4v) is 3.07. The molecule has 8 heteroatoms. The zero-order valence-electron chi connectivity index (χ0n) is 12.5. The fraction of sp³-hybridized carbons (Fsp3) is 0.267. The molecule has 1 aliphatic rings. The Kier molecular flexibility index (Phi) is 4.28. The molecule has 6 nitrogen and oxygen atoms in total. The lowest BCUT2D eigenvalue weighted by atomic mass is 9.94. The summed E-state index contributed by atoms with van der Waals surface area (Å²) in [6, 6.07) is 4.73. The van der Waals surface area contributed by atoms with E-state index in [2.05, 4.69) is 15.4 Å². The van der Waals surface area contributed by atoms with E-state index in [1.807, 2.05) is 13.0 Å². The second kappa shape index (κ2) is 6.22. The van der Waals surface area contributed by atoms with E-state index >= 15 is 0 Å². The van der Waals surface area contributed by atoms with E-state index in [1.165, 1.54) is 13.4 Å². The van der Waals surface area contributed by atoms with Crippen molar-refractivity contribution in [3.05, 3.63) is 51.4 Å². The number of carbonyl (C=O) groups excluding carboxylic acids is 1. The molecule has 0 saturated heterocycles. The summed E-state index contributed by atoms with van der Waals surface area (Å²) in [6.07, 6.45) is 2.02. The van der Waals surface area contributed by atoms with Crippen molar-refractivity contribution in [2.75, 3.05) is 12.4 Å². The van der Waals surface area contributed by atoms with Gasteiger partial charge in [0.2, 0.25) is 5.95 Å². The van der Waals surface area contributed by atoms with E-state index in [0.717, 1.165) is 5.70 Å². The summed E-state index contributed by atoms with van der Waals surface area (Å²) in [4.78, 5) is 16.6. The van der Waals surface area contributed by atoms with Crippen LogP contribution in [-0.2, 0) is 9.53 Å². The third-order valence-electron chi connectivity index (χ3n) is 3.71. The molecule has 0 unspecified atom stereocenters. The molecule has 120 valence electrons. The number of fused-ring (bicyclic) bond motifs is 1. The van der Waals surface area contributed by atoms with Crippen molar-refractivity contribution < 1.29 is 9.53 Å². The lowest BCUT2D eigenvalue weighted by Crippen LogP contribution is -2.30. The normalized spacial score (nSPS) is 16.8. The van der Waals surface area contributed by atoms with Gasteiger partial charge in [0.1, 0.15) is 12.4 Å². The highest BCUT2D eigenvalue weighted by molar-refractivity contribution is 6.42. The van der Waals surface area contributed by atoms with E-state index in [-0.39, 0.29) is 0 Å². The van der Waals surface area contributed by atoms with Gasteiger partial charge in [-0.05, 0) is 12.5 Å². The third-order valence-corrected chi connectivity index (χ3v) is 4.55. The first-order valence-corrected chi connectivity index (χ1v) is 7.75. The van der Waals surface area contributed by atoms with Crippen LogP contribution in [0, 0.1) is 0 Å². The number of hydrogen-bond acceptors (Lipinski definition) is 5. The molecule has 0 radical (unpaired) electrons. The van der Waals surface area contributed by atoms with Gasteiger partial charge in [-0.1, -0.05) is 42.3 Å². The molecule has 1 aromatic carbocycles.